The van der Waals surface area contributed by atoms with Gasteiger partial charge in [0.25, 0.3) is 0 Å². The third kappa shape index (κ3) is 3.53. The summed E-state index contributed by atoms with van der Waals surface area (Å²) >= 11 is 0. The molecule has 0 aromatic carbocycles. The van der Waals surface area contributed by atoms with Crippen LogP contribution in [0, 0.1) is 0 Å². The number of hydrogen-bond donors (Lipinski definition) is 0. The quantitative estimate of drug-likeness (QED) is 0.584. The highest BCUT2D eigenvalue weighted by molar-refractivity contribution is 5.35. The molecule has 1 aliphatic carbocycles. The maximum atomic E-state index is 2.40. The summed E-state index contributed by atoms with van der Waals surface area (Å²) in [6.45, 7) is 4.49. The Hall–Kier alpha value is -0.780. The number of rotatable bonds is 5. The predicted molar refractivity (Wildman–Crippen MR) is 64.4 cm³/mol. The molecule has 0 heterocycles. The van der Waals surface area contributed by atoms with Gasteiger partial charge in [-0.1, -0.05) is 44.6 Å². The van der Waals surface area contributed by atoms with E-state index in [9.17, 15) is 0 Å². The summed E-state index contributed by atoms with van der Waals surface area (Å²) in [5.41, 5.74) is 3.17. The van der Waals surface area contributed by atoms with Crippen LogP contribution < -0.4 is 0 Å². The summed E-state index contributed by atoms with van der Waals surface area (Å²) in [6, 6.07) is 0. The van der Waals surface area contributed by atoms with Gasteiger partial charge in [-0.2, -0.15) is 0 Å². The van der Waals surface area contributed by atoms with Crippen molar-refractivity contribution in [3.8, 4) is 0 Å². The van der Waals surface area contributed by atoms with Crippen LogP contribution >= 0.6 is 0 Å². The highest BCUT2D eigenvalue weighted by Gasteiger charge is 2.05. The van der Waals surface area contributed by atoms with E-state index in [0.717, 1.165) is 0 Å². The van der Waals surface area contributed by atoms with Gasteiger partial charge in [0.1, 0.15) is 0 Å². The fourth-order valence-corrected chi connectivity index (χ4v) is 1.88. The first-order valence-corrected chi connectivity index (χ1v) is 5.93. The molecule has 0 fully saturated rings. The fourth-order valence-electron chi connectivity index (χ4n) is 1.88. The summed E-state index contributed by atoms with van der Waals surface area (Å²) in [7, 11) is 0. The van der Waals surface area contributed by atoms with E-state index in [4.69, 9.17) is 0 Å². The second-order valence-corrected chi connectivity index (χ2v) is 3.90. The van der Waals surface area contributed by atoms with Crippen molar-refractivity contribution in [1.82, 2.24) is 0 Å². The van der Waals surface area contributed by atoms with Crippen LogP contribution in [-0.2, 0) is 0 Å². The van der Waals surface area contributed by atoms with Gasteiger partial charge in [0.15, 0.2) is 0 Å². The van der Waals surface area contributed by atoms with E-state index in [2.05, 4.69) is 38.2 Å². The van der Waals surface area contributed by atoms with Crippen molar-refractivity contribution in [2.75, 3.05) is 0 Å². The second-order valence-electron chi connectivity index (χ2n) is 3.90. The maximum Gasteiger partial charge on any atom is -0.0241 e. The molecule has 0 unspecified atom stereocenters. The minimum absolute atomic E-state index is 1.17. The lowest BCUT2D eigenvalue weighted by atomic mass is 9.93. The smallest absolute Gasteiger partial charge is 0.0241 e. The third-order valence-corrected chi connectivity index (χ3v) is 2.68. The number of allylic oxidation sites excluding steroid dienone is 6. The molecule has 0 saturated heterocycles. The van der Waals surface area contributed by atoms with Crippen molar-refractivity contribution >= 4 is 0 Å². The number of unbranched alkanes of at least 4 members (excludes halogenated alkanes) is 1. The maximum absolute atomic E-state index is 2.40. The average Bonchev–Trinajstić information content (AvgIpc) is 2.25. The van der Waals surface area contributed by atoms with Crippen molar-refractivity contribution in [3.05, 3.63) is 35.5 Å². The zero-order valence-corrected chi connectivity index (χ0v) is 9.55. The Morgan fingerprint density at radius 3 is 2.86 bits per heavy atom. The molecule has 0 nitrogen and oxygen atoms in total. The van der Waals surface area contributed by atoms with Gasteiger partial charge in [0.2, 0.25) is 0 Å². The van der Waals surface area contributed by atoms with Gasteiger partial charge < -0.3 is 0 Å². The van der Waals surface area contributed by atoms with Crippen LogP contribution in [0.2, 0.25) is 0 Å². The highest BCUT2D eigenvalue weighted by Crippen LogP contribution is 2.24. The lowest BCUT2D eigenvalue weighted by Crippen LogP contribution is -1.93. The van der Waals surface area contributed by atoms with E-state index in [1.54, 1.807) is 11.1 Å². The summed E-state index contributed by atoms with van der Waals surface area (Å²) in [5, 5.41) is 0. The molecule has 14 heavy (non-hydrogen) atoms. The molecule has 1 rings (SSSR count). The van der Waals surface area contributed by atoms with Gasteiger partial charge in [-0.05, 0) is 43.3 Å². The van der Waals surface area contributed by atoms with Crippen molar-refractivity contribution in [2.45, 2.75) is 52.4 Å². The first kappa shape index (κ1) is 11.3. The Morgan fingerprint density at radius 1 is 1.43 bits per heavy atom. The molecule has 0 amide bonds. The Labute approximate surface area is 88.4 Å². The van der Waals surface area contributed by atoms with Crippen LogP contribution in [0.3, 0.4) is 0 Å². The molecule has 0 N–H and O–H groups in total. The molecule has 0 heteroatoms. The molecule has 0 spiro atoms. The first-order chi connectivity index (χ1) is 6.88. The van der Waals surface area contributed by atoms with Gasteiger partial charge in [0, 0.05) is 0 Å². The number of hydrogen-bond acceptors (Lipinski definition) is 0. The average molecular weight is 190 g/mol. The lowest BCUT2D eigenvalue weighted by Gasteiger charge is -2.13. The van der Waals surface area contributed by atoms with E-state index in [1.807, 2.05) is 0 Å². The SMILES string of the molecule is CC/C=C(\CCCC)C1=CC=CCC1. The van der Waals surface area contributed by atoms with Gasteiger partial charge in [-0.25, -0.2) is 0 Å². The largest absolute Gasteiger partial charge is 0.0842 e. The van der Waals surface area contributed by atoms with Crippen LogP contribution in [-0.4, -0.2) is 0 Å². The van der Waals surface area contributed by atoms with E-state index < -0.39 is 0 Å². The van der Waals surface area contributed by atoms with Gasteiger partial charge >= 0.3 is 0 Å². The van der Waals surface area contributed by atoms with Crippen molar-refractivity contribution < 1.29 is 0 Å². The minimum atomic E-state index is 1.17. The highest BCUT2D eigenvalue weighted by atomic mass is 14.1. The molecule has 0 bridgehead atoms. The fraction of sp³-hybridized carbons (Fsp3) is 0.571. The zero-order valence-electron chi connectivity index (χ0n) is 9.55. The topological polar surface area (TPSA) is 0 Å². The van der Waals surface area contributed by atoms with E-state index in [-0.39, 0.29) is 0 Å². The van der Waals surface area contributed by atoms with Gasteiger partial charge in [-0.15, -0.1) is 0 Å². The van der Waals surface area contributed by atoms with Gasteiger partial charge in [0.05, 0.1) is 0 Å². The standard InChI is InChI=1S/C14H22/c1-3-5-10-13(9-4-2)14-11-7-6-8-12-14/h6-7,9,11H,3-5,8,10,12H2,1-2H3/b13-9+. The Bertz CT molecular complexity index is 241. The van der Waals surface area contributed by atoms with E-state index >= 15 is 0 Å². The summed E-state index contributed by atoms with van der Waals surface area (Å²) < 4.78 is 0. The molecule has 1 aliphatic rings. The predicted octanol–water partition coefficient (Wildman–Crippen LogP) is 4.79. The second kappa shape index (κ2) is 6.64. The summed E-state index contributed by atoms with van der Waals surface area (Å²) in [4.78, 5) is 0. The molecule has 78 valence electrons. The Kier molecular flexibility index (Phi) is 5.36. The minimum Gasteiger partial charge on any atom is -0.0842 e. The Morgan fingerprint density at radius 2 is 2.29 bits per heavy atom. The molecular weight excluding hydrogens is 168 g/mol. The lowest BCUT2D eigenvalue weighted by molar-refractivity contribution is 0.776. The monoisotopic (exact) mass is 190 g/mol. The van der Waals surface area contributed by atoms with E-state index in [0.29, 0.717) is 0 Å². The Balaban J connectivity index is 2.61. The first-order valence-electron chi connectivity index (χ1n) is 5.93. The van der Waals surface area contributed by atoms with Crippen LogP contribution in [0.15, 0.2) is 35.5 Å². The molecule has 0 aliphatic heterocycles. The van der Waals surface area contributed by atoms with Crippen LogP contribution in [0.25, 0.3) is 0 Å². The normalized spacial score (nSPS) is 17.0. The molecule has 0 aromatic heterocycles. The molecule has 0 atom stereocenters. The van der Waals surface area contributed by atoms with E-state index in [1.165, 1.54) is 38.5 Å². The molecule has 0 aromatic rings. The van der Waals surface area contributed by atoms with Crippen molar-refractivity contribution in [2.24, 2.45) is 0 Å². The van der Waals surface area contributed by atoms with Crippen LogP contribution in [0.4, 0.5) is 0 Å². The van der Waals surface area contributed by atoms with Crippen molar-refractivity contribution in [3.63, 3.8) is 0 Å². The van der Waals surface area contributed by atoms with Crippen LogP contribution in [0.1, 0.15) is 52.4 Å². The van der Waals surface area contributed by atoms with Crippen LogP contribution in [0.5, 0.6) is 0 Å². The summed E-state index contributed by atoms with van der Waals surface area (Å²) in [6.07, 6.45) is 16.7. The van der Waals surface area contributed by atoms with Gasteiger partial charge in [-0.3, -0.25) is 0 Å². The third-order valence-electron chi connectivity index (χ3n) is 2.68. The zero-order chi connectivity index (χ0) is 10.2. The molecular formula is C14H22. The summed E-state index contributed by atoms with van der Waals surface area (Å²) in [5.74, 6) is 0. The molecule has 0 radical (unpaired) electrons. The van der Waals surface area contributed by atoms with Crippen molar-refractivity contribution in [1.29, 1.82) is 0 Å². The molecule has 0 saturated carbocycles.